The van der Waals surface area contributed by atoms with Crippen molar-refractivity contribution in [2.24, 2.45) is 11.1 Å². The number of halogens is 4. The van der Waals surface area contributed by atoms with Crippen LogP contribution < -0.4 is 5.73 Å². The Labute approximate surface area is 97.6 Å². The van der Waals surface area contributed by atoms with Crippen LogP contribution in [0.4, 0.5) is 17.6 Å². The highest BCUT2D eigenvalue weighted by Crippen LogP contribution is 2.33. The molecule has 0 unspecified atom stereocenters. The second-order valence-electron chi connectivity index (χ2n) is 4.86. The summed E-state index contributed by atoms with van der Waals surface area (Å²) in [5, 5.41) is 0. The highest BCUT2D eigenvalue weighted by molar-refractivity contribution is 5.28. The van der Waals surface area contributed by atoms with Crippen molar-refractivity contribution in [2.45, 2.75) is 26.4 Å². The third kappa shape index (κ3) is 3.70. The Hall–Kier alpha value is -1.10. The van der Waals surface area contributed by atoms with Gasteiger partial charge in [-0.3, -0.25) is 0 Å². The molecule has 0 spiro atoms. The van der Waals surface area contributed by atoms with Crippen LogP contribution in [0.15, 0.2) is 18.2 Å². The van der Waals surface area contributed by atoms with E-state index < -0.39 is 17.6 Å². The summed E-state index contributed by atoms with van der Waals surface area (Å²) in [5.41, 5.74) is 4.43. The largest absolute Gasteiger partial charge is 0.419 e. The molecule has 0 aliphatic rings. The molecule has 1 rings (SSSR count). The normalized spacial score (nSPS) is 12.9. The van der Waals surface area contributed by atoms with Crippen molar-refractivity contribution in [2.75, 3.05) is 6.54 Å². The van der Waals surface area contributed by atoms with Gasteiger partial charge in [0.05, 0.1) is 5.56 Å². The third-order valence-corrected chi connectivity index (χ3v) is 2.57. The maximum Gasteiger partial charge on any atom is 0.419 e. The lowest BCUT2D eigenvalue weighted by Crippen LogP contribution is -2.26. The van der Waals surface area contributed by atoms with Gasteiger partial charge in [-0.1, -0.05) is 19.9 Å². The van der Waals surface area contributed by atoms with Gasteiger partial charge in [0.15, 0.2) is 0 Å². The Morgan fingerprint density at radius 3 is 2.24 bits per heavy atom. The number of benzene rings is 1. The molecule has 2 N–H and O–H groups in total. The monoisotopic (exact) mass is 249 g/mol. The Morgan fingerprint density at radius 1 is 1.18 bits per heavy atom. The SMILES string of the molecule is CC(C)(CN)Cc1ccc(F)c(C(F)(F)F)c1. The molecule has 0 aromatic heterocycles. The van der Waals surface area contributed by atoms with E-state index in [-0.39, 0.29) is 5.41 Å². The van der Waals surface area contributed by atoms with Gasteiger partial charge in [-0.25, -0.2) is 4.39 Å². The number of alkyl halides is 3. The van der Waals surface area contributed by atoms with Gasteiger partial charge in [-0.2, -0.15) is 13.2 Å². The number of hydrogen-bond donors (Lipinski definition) is 1. The molecule has 0 bridgehead atoms. The molecule has 17 heavy (non-hydrogen) atoms. The molecule has 1 nitrogen and oxygen atoms in total. The number of nitrogens with two attached hydrogens (primary N) is 1. The van der Waals surface area contributed by atoms with Crippen molar-refractivity contribution in [1.82, 2.24) is 0 Å². The second kappa shape index (κ2) is 4.64. The van der Waals surface area contributed by atoms with Crippen LogP contribution in [0.25, 0.3) is 0 Å². The molecule has 0 fully saturated rings. The van der Waals surface area contributed by atoms with E-state index in [1.807, 2.05) is 13.8 Å². The third-order valence-electron chi connectivity index (χ3n) is 2.57. The molecule has 0 saturated carbocycles. The first kappa shape index (κ1) is 14.0. The summed E-state index contributed by atoms with van der Waals surface area (Å²) in [6.45, 7) is 4.05. The topological polar surface area (TPSA) is 26.0 Å². The minimum atomic E-state index is -4.66. The van der Waals surface area contributed by atoms with Gasteiger partial charge in [0.1, 0.15) is 5.82 Å². The number of rotatable bonds is 3. The molecular formula is C12H15F4N. The van der Waals surface area contributed by atoms with E-state index in [9.17, 15) is 17.6 Å². The first-order chi connectivity index (χ1) is 7.65. The second-order valence-corrected chi connectivity index (χ2v) is 4.86. The average Bonchev–Trinajstić information content (AvgIpc) is 2.19. The fourth-order valence-corrected chi connectivity index (χ4v) is 1.52. The molecule has 1 aromatic rings. The molecule has 0 atom stereocenters. The first-order valence-electron chi connectivity index (χ1n) is 5.21. The zero-order valence-electron chi connectivity index (χ0n) is 9.74. The molecule has 0 aliphatic heterocycles. The quantitative estimate of drug-likeness (QED) is 0.816. The Morgan fingerprint density at radius 2 is 1.76 bits per heavy atom. The van der Waals surface area contributed by atoms with Crippen LogP contribution >= 0.6 is 0 Å². The van der Waals surface area contributed by atoms with Crippen molar-refractivity contribution in [3.05, 3.63) is 35.1 Å². The number of hydrogen-bond acceptors (Lipinski definition) is 1. The van der Waals surface area contributed by atoms with Crippen molar-refractivity contribution >= 4 is 0 Å². The summed E-state index contributed by atoms with van der Waals surface area (Å²) < 4.78 is 50.5. The van der Waals surface area contributed by atoms with Gasteiger partial charge < -0.3 is 5.73 Å². The van der Waals surface area contributed by atoms with Crippen molar-refractivity contribution < 1.29 is 17.6 Å². The Kier molecular flexibility index (Phi) is 3.81. The summed E-state index contributed by atoms with van der Waals surface area (Å²) in [5.74, 6) is -1.24. The molecule has 0 radical (unpaired) electrons. The van der Waals surface area contributed by atoms with Crippen molar-refractivity contribution in [3.8, 4) is 0 Å². The van der Waals surface area contributed by atoms with E-state index in [4.69, 9.17) is 5.73 Å². The molecule has 1 aromatic carbocycles. The highest BCUT2D eigenvalue weighted by atomic mass is 19.4. The minimum absolute atomic E-state index is 0.305. The fourth-order valence-electron chi connectivity index (χ4n) is 1.52. The summed E-state index contributed by atoms with van der Waals surface area (Å²) in [4.78, 5) is 0. The standard InChI is InChI=1S/C12H15F4N/c1-11(2,7-17)6-8-3-4-10(13)9(5-8)12(14,15)16/h3-5H,6-7,17H2,1-2H3. The molecular weight excluding hydrogens is 234 g/mol. The van der Waals surface area contributed by atoms with E-state index in [1.165, 1.54) is 6.07 Å². The molecule has 96 valence electrons. The molecule has 5 heteroatoms. The van der Waals surface area contributed by atoms with E-state index in [0.29, 0.717) is 18.5 Å². The van der Waals surface area contributed by atoms with Crippen LogP contribution in [0.3, 0.4) is 0 Å². The molecule has 0 heterocycles. The Bertz CT molecular complexity index is 396. The maximum atomic E-state index is 13.0. The minimum Gasteiger partial charge on any atom is -0.330 e. The molecule has 0 amide bonds. The lowest BCUT2D eigenvalue weighted by Gasteiger charge is -2.22. The van der Waals surface area contributed by atoms with Crippen LogP contribution in [-0.2, 0) is 12.6 Å². The maximum absolute atomic E-state index is 13.0. The molecule has 0 aliphatic carbocycles. The van der Waals surface area contributed by atoms with Crippen molar-refractivity contribution in [1.29, 1.82) is 0 Å². The van der Waals surface area contributed by atoms with Crippen molar-refractivity contribution in [3.63, 3.8) is 0 Å². The van der Waals surface area contributed by atoms with Gasteiger partial charge in [-0.05, 0) is 36.1 Å². The highest BCUT2D eigenvalue weighted by Gasteiger charge is 2.34. The van der Waals surface area contributed by atoms with E-state index in [2.05, 4.69) is 0 Å². The fraction of sp³-hybridized carbons (Fsp3) is 0.500. The predicted molar refractivity (Wildman–Crippen MR) is 57.9 cm³/mol. The predicted octanol–water partition coefficient (Wildman–Crippen LogP) is 3.37. The smallest absolute Gasteiger partial charge is 0.330 e. The van der Waals surface area contributed by atoms with Gasteiger partial charge in [0, 0.05) is 0 Å². The van der Waals surface area contributed by atoms with Gasteiger partial charge in [-0.15, -0.1) is 0 Å². The van der Waals surface area contributed by atoms with Gasteiger partial charge in [0.2, 0.25) is 0 Å². The van der Waals surface area contributed by atoms with E-state index >= 15 is 0 Å². The van der Waals surface area contributed by atoms with Crippen LogP contribution in [0, 0.1) is 11.2 Å². The van der Waals surface area contributed by atoms with E-state index in [0.717, 1.165) is 12.1 Å². The zero-order valence-corrected chi connectivity index (χ0v) is 9.74. The lowest BCUT2D eigenvalue weighted by molar-refractivity contribution is -0.140. The van der Waals surface area contributed by atoms with Crippen LogP contribution in [-0.4, -0.2) is 6.54 Å². The van der Waals surface area contributed by atoms with Crippen LogP contribution in [0.1, 0.15) is 25.0 Å². The van der Waals surface area contributed by atoms with E-state index in [1.54, 1.807) is 0 Å². The summed E-state index contributed by atoms with van der Waals surface area (Å²) >= 11 is 0. The summed E-state index contributed by atoms with van der Waals surface area (Å²) in [6.07, 6.45) is -4.28. The van der Waals surface area contributed by atoms with Gasteiger partial charge >= 0.3 is 6.18 Å². The summed E-state index contributed by atoms with van der Waals surface area (Å²) in [7, 11) is 0. The lowest BCUT2D eigenvalue weighted by atomic mass is 9.85. The Balaban J connectivity index is 3.06. The first-order valence-corrected chi connectivity index (χ1v) is 5.21. The van der Waals surface area contributed by atoms with Crippen LogP contribution in [0.2, 0.25) is 0 Å². The molecule has 0 saturated heterocycles. The van der Waals surface area contributed by atoms with Crippen LogP contribution in [0.5, 0.6) is 0 Å². The summed E-state index contributed by atoms with van der Waals surface area (Å²) in [6, 6.07) is 3.07. The average molecular weight is 249 g/mol. The van der Waals surface area contributed by atoms with Gasteiger partial charge in [0.25, 0.3) is 0 Å². The zero-order chi connectivity index (χ0) is 13.3.